The highest BCUT2D eigenvalue weighted by Gasteiger charge is 2.36. The number of rotatable bonds is 5. The number of ether oxygens (including phenoxy) is 1. The van der Waals surface area contributed by atoms with Gasteiger partial charge >= 0.3 is 6.18 Å². The molecule has 0 aliphatic heterocycles. The lowest BCUT2D eigenvalue weighted by atomic mass is 10.2. The molecule has 0 atom stereocenters. The number of halogens is 3. The average Bonchev–Trinajstić information content (AvgIpc) is 2.77. The summed E-state index contributed by atoms with van der Waals surface area (Å²) in [6.07, 6.45) is -4.72. The Bertz CT molecular complexity index is 1230. The SMILES string of the molecule is O=C(NCc1ccccc1)c1cccc(Oc2nc(C(F)(F)F)nc3ccccc23)c1. The second-order valence-corrected chi connectivity index (χ2v) is 6.67. The molecule has 0 bridgehead atoms. The van der Waals surface area contributed by atoms with Crippen LogP contribution < -0.4 is 10.1 Å². The van der Waals surface area contributed by atoms with E-state index in [1.165, 1.54) is 18.2 Å². The highest BCUT2D eigenvalue weighted by atomic mass is 19.4. The van der Waals surface area contributed by atoms with Gasteiger partial charge in [0.25, 0.3) is 5.91 Å². The van der Waals surface area contributed by atoms with Crippen LogP contribution in [0.5, 0.6) is 11.6 Å². The van der Waals surface area contributed by atoms with Crippen molar-refractivity contribution in [3.05, 3.63) is 95.8 Å². The Morgan fingerprint density at radius 1 is 0.903 bits per heavy atom. The van der Waals surface area contributed by atoms with Gasteiger partial charge in [0.1, 0.15) is 5.75 Å². The summed E-state index contributed by atoms with van der Waals surface area (Å²) in [7, 11) is 0. The third-order valence-corrected chi connectivity index (χ3v) is 4.43. The predicted octanol–water partition coefficient (Wildman–Crippen LogP) is 5.37. The maximum atomic E-state index is 13.2. The molecule has 0 aliphatic carbocycles. The molecule has 0 spiro atoms. The summed E-state index contributed by atoms with van der Waals surface area (Å²) < 4.78 is 45.2. The summed E-state index contributed by atoms with van der Waals surface area (Å²) in [5.74, 6) is -1.68. The monoisotopic (exact) mass is 423 g/mol. The van der Waals surface area contributed by atoms with Crippen LogP contribution in [0.4, 0.5) is 13.2 Å². The van der Waals surface area contributed by atoms with E-state index in [2.05, 4.69) is 15.3 Å². The molecule has 0 saturated heterocycles. The molecule has 0 aliphatic rings. The van der Waals surface area contributed by atoms with Crippen molar-refractivity contribution in [2.45, 2.75) is 12.7 Å². The molecule has 0 unspecified atom stereocenters. The predicted molar refractivity (Wildman–Crippen MR) is 109 cm³/mol. The third kappa shape index (κ3) is 4.80. The van der Waals surface area contributed by atoms with Crippen LogP contribution in [0.2, 0.25) is 0 Å². The minimum Gasteiger partial charge on any atom is -0.438 e. The number of para-hydroxylation sites is 1. The van der Waals surface area contributed by atoms with Gasteiger partial charge in [-0.3, -0.25) is 4.79 Å². The molecule has 0 saturated carbocycles. The smallest absolute Gasteiger partial charge is 0.438 e. The summed E-state index contributed by atoms with van der Waals surface area (Å²) in [5.41, 5.74) is 1.36. The number of fused-ring (bicyclic) bond motifs is 1. The lowest BCUT2D eigenvalue weighted by Crippen LogP contribution is -2.22. The number of hydrogen-bond donors (Lipinski definition) is 1. The van der Waals surface area contributed by atoms with Crippen molar-refractivity contribution in [2.75, 3.05) is 0 Å². The van der Waals surface area contributed by atoms with Crippen LogP contribution in [0.15, 0.2) is 78.9 Å². The molecule has 156 valence electrons. The molecule has 8 heteroatoms. The first-order chi connectivity index (χ1) is 14.9. The second-order valence-electron chi connectivity index (χ2n) is 6.67. The van der Waals surface area contributed by atoms with Gasteiger partial charge in [-0.15, -0.1) is 0 Å². The van der Waals surface area contributed by atoms with Crippen molar-refractivity contribution < 1.29 is 22.7 Å². The number of amides is 1. The van der Waals surface area contributed by atoms with Crippen molar-refractivity contribution in [3.8, 4) is 11.6 Å². The van der Waals surface area contributed by atoms with Gasteiger partial charge in [0.15, 0.2) is 0 Å². The van der Waals surface area contributed by atoms with E-state index in [1.807, 2.05) is 30.3 Å². The molecule has 4 rings (SSSR count). The number of aromatic nitrogens is 2. The lowest BCUT2D eigenvalue weighted by Gasteiger charge is -2.12. The molecule has 1 N–H and O–H groups in total. The summed E-state index contributed by atoms with van der Waals surface area (Å²) in [6, 6.07) is 21.8. The van der Waals surface area contributed by atoms with Gasteiger partial charge in [-0.25, -0.2) is 4.98 Å². The molecule has 1 amide bonds. The van der Waals surface area contributed by atoms with Gasteiger partial charge in [-0.1, -0.05) is 48.5 Å². The van der Waals surface area contributed by atoms with E-state index < -0.39 is 12.0 Å². The summed E-state index contributed by atoms with van der Waals surface area (Å²) in [5, 5.41) is 3.12. The first-order valence-corrected chi connectivity index (χ1v) is 9.34. The van der Waals surface area contributed by atoms with E-state index in [0.29, 0.717) is 17.5 Å². The number of nitrogens with zero attached hydrogens (tertiary/aromatic N) is 2. The van der Waals surface area contributed by atoms with E-state index >= 15 is 0 Å². The van der Waals surface area contributed by atoms with Gasteiger partial charge in [-0.2, -0.15) is 18.2 Å². The first-order valence-electron chi connectivity index (χ1n) is 9.34. The number of nitrogens with one attached hydrogen (secondary N) is 1. The molecule has 0 radical (unpaired) electrons. The largest absolute Gasteiger partial charge is 0.451 e. The van der Waals surface area contributed by atoms with Crippen molar-refractivity contribution in [1.82, 2.24) is 15.3 Å². The number of hydrogen-bond acceptors (Lipinski definition) is 4. The molecule has 1 aromatic heterocycles. The molecule has 4 aromatic rings. The molecule has 5 nitrogen and oxygen atoms in total. The Balaban J connectivity index is 1.59. The van der Waals surface area contributed by atoms with Gasteiger partial charge in [0.2, 0.25) is 11.7 Å². The molecular weight excluding hydrogens is 407 g/mol. The van der Waals surface area contributed by atoms with E-state index in [-0.39, 0.29) is 23.1 Å². The summed E-state index contributed by atoms with van der Waals surface area (Å²) in [4.78, 5) is 19.6. The van der Waals surface area contributed by atoms with Crippen LogP contribution in [0.25, 0.3) is 10.9 Å². The molecule has 0 fully saturated rings. The highest BCUT2D eigenvalue weighted by molar-refractivity contribution is 5.94. The number of carbonyl (C=O) groups excluding carboxylic acids is 1. The Morgan fingerprint density at radius 3 is 2.42 bits per heavy atom. The average molecular weight is 423 g/mol. The van der Waals surface area contributed by atoms with Crippen molar-refractivity contribution in [2.24, 2.45) is 0 Å². The standard InChI is InChI=1S/C23H16F3N3O2/c24-23(25,26)22-28-19-12-5-4-11-18(19)21(29-22)31-17-10-6-9-16(13-17)20(30)27-14-15-7-2-1-3-8-15/h1-13H,14H2,(H,27,30). The van der Waals surface area contributed by atoms with Crippen molar-refractivity contribution >= 4 is 16.8 Å². The fraction of sp³-hybridized carbons (Fsp3) is 0.0870. The minimum absolute atomic E-state index is 0.108. The van der Waals surface area contributed by atoms with Gasteiger partial charge < -0.3 is 10.1 Å². The zero-order valence-electron chi connectivity index (χ0n) is 16.1. The Morgan fingerprint density at radius 2 is 1.65 bits per heavy atom. The van der Waals surface area contributed by atoms with Crippen LogP contribution in [0.3, 0.4) is 0 Å². The quantitative estimate of drug-likeness (QED) is 0.469. The number of benzene rings is 3. The molecule has 31 heavy (non-hydrogen) atoms. The number of carbonyl (C=O) groups is 1. The van der Waals surface area contributed by atoms with Gasteiger partial charge in [0.05, 0.1) is 10.9 Å². The lowest BCUT2D eigenvalue weighted by molar-refractivity contribution is -0.144. The zero-order valence-corrected chi connectivity index (χ0v) is 16.1. The minimum atomic E-state index is -4.72. The molecule has 1 heterocycles. The van der Waals surface area contributed by atoms with E-state index in [1.54, 1.807) is 30.3 Å². The van der Waals surface area contributed by atoms with Crippen molar-refractivity contribution in [1.29, 1.82) is 0 Å². The zero-order chi connectivity index (χ0) is 21.8. The maximum Gasteiger partial charge on any atom is 0.451 e. The summed E-state index contributed by atoms with van der Waals surface area (Å²) in [6.45, 7) is 0.344. The van der Waals surface area contributed by atoms with E-state index in [9.17, 15) is 18.0 Å². The molecule has 3 aromatic carbocycles. The summed E-state index contributed by atoms with van der Waals surface area (Å²) >= 11 is 0. The molecular formula is C23H16F3N3O2. The normalized spacial score (nSPS) is 11.3. The van der Waals surface area contributed by atoms with Gasteiger partial charge in [-0.05, 0) is 35.9 Å². The third-order valence-electron chi connectivity index (χ3n) is 4.43. The fourth-order valence-corrected chi connectivity index (χ4v) is 2.94. The second kappa shape index (κ2) is 8.43. The first kappa shape index (κ1) is 20.3. The van der Waals surface area contributed by atoms with Crippen LogP contribution in [0, 0.1) is 0 Å². The Hall–Kier alpha value is -3.94. The fourth-order valence-electron chi connectivity index (χ4n) is 2.94. The topological polar surface area (TPSA) is 64.1 Å². The van der Waals surface area contributed by atoms with Crippen LogP contribution in [-0.2, 0) is 12.7 Å². The maximum absolute atomic E-state index is 13.2. The Labute approximate surface area is 175 Å². The highest BCUT2D eigenvalue weighted by Crippen LogP contribution is 2.33. The van der Waals surface area contributed by atoms with Crippen LogP contribution in [0.1, 0.15) is 21.7 Å². The van der Waals surface area contributed by atoms with E-state index in [0.717, 1.165) is 5.56 Å². The number of alkyl halides is 3. The van der Waals surface area contributed by atoms with Crippen molar-refractivity contribution in [3.63, 3.8) is 0 Å². The van der Waals surface area contributed by atoms with E-state index in [4.69, 9.17) is 4.74 Å². The Kier molecular flexibility index (Phi) is 5.53. The van der Waals surface area contributed by atoms with Crippen LogP contribution >= 0.6 is 0 Å². The van der Waals surface area contributed by atoms with Crippen LogP contribution in [-0.4, -0.2) is 15.9 Å². The van der Waals surface area contributed by atoms with Gasteiger partial charge in [0, 0.05) is 12.1 Å².